The number of ether oxygens (including phenoxy) is 3. The lowest BCUT2D eigenvalue weighted by atomic mass is 10.2. The first-order valence-electron chi connectivity index (χ1n) is 8.48. The van der Waals surface area contributed by atoms with Crippen LogP contribution in [0.5, 0.6) is 5.75 Å². The number of nitrogens with zero attached hydrogens (tertiary/aromatic N) is 1. The molecule has 0 bridgehead atoms. The summed E-state index contributed by atoms with van der Waals surface area (Å²) < 4.78 is 16.2. The molecule has 1 aromatic rings. The van der Waals surface area contributed by atoms with Crippen molar-refractivity contribution in [2.45, 2.75) is 26.9 Å². The molecule has 0 heterocycles. The Labute approximate surface area is 168 Å². The second-order valence-corrected chi connectivity index (χ2v) is 5.50. The van der Waals surface area contributed by atoms with Crippen molar-refractivity contribution in [2.75, 3.05) is 46.6 Å². The predicted molar refractivity (Wildman–Crippen MR) is 113 cm³/mol. The number of benzene rings is 1. The van der Waals surface area contributed by atoms with Crippen LogP contribution in [-0.4, -0.2) is 58.6 Å². The van der Waals surface area contributed by atoms with Crippen LogP contribution in [0.15, 0.2) is 29.3 Å². The smallest absolute Gasteiger partial charge is 0.191 e. The fourth-order valence-electron chi connectivity index (χ4n) is 2.01. The Morgan fingerprint density at radius 3 is 2.68 bits per heavy atom. The van der Waals surface area contributed by atoms with Crippen LogP contribution in [0, 0.1) is 6.92 Å². The van der Waals surface area contributed by atoms with Gasteiger partial charge in [0.05, 0.1) is 26.4 Å². The molecule has 0 radical (unpaired) electrons. The van der Waals surface area contributed by atoms with E-state index in [1.54, 1.807) is 7.11 Å². The van der Waals surface area contributed by atoms with Crippen molar-refractivity contribution in [3.63, 3.8) is 0 Å². The lowest BCUT2D eigenvalue weighted by Gasteiger charge is -2.15. The number of halogens is 1. The molecule has 0 aliphatic heterocycles. The molecule has 0 fully saturated rings. The topological polar surface area (TPSA) is 64.1 Å². The maximum atomic E-state index is 5.89. The Morgan fingerprint density at radius 1 is 1.20 bits per heavy atom. The average Bonchev–Trinajstić information content (AvgIpc) is 2.55. The number of hydrogen-bond donors (Lipinski definition) is 2. The van der Waals surface area contributed by atoms with Crippen molar-refractivity contribution in [3.05, 3.63) is 29.8 Å². The minimum Gasteiger partial charge on any atom is -0.489 e. The molecule has 6 nitrogen and oxygen atoms in total. The van der Waals surface area contributed by atoms with E-state index in [9.17, 15) is 0 Å². The van der Waals surface area contributed by atoms with Crippen molar-refractivity contribution in [1.29, 1.82) is 0 Å². The quantitative estimate of drug-likeness (QED) is 0.228. The molecule has 2 N–H and O–H groups in total. The van der Waals surface area contributed by atoms with Crippen LogP contribution in [0.25, 0.3) is 0 Å². The Bertz CT molecular complexity index is 486. The summed E-state index contributed by atoms with van der Waals surface area (Å²) in [7, 11) is 1.66. The van der Waals surface area contributed by atoms with Crippen molar-refractivity contribution < 1.29 is 14.2 Å². The van der Waals surface area contributed by atoms with Gasteiger partial charge in [0.15, 0.2) is 5.96 Å². The van der Waals surface area contributed by atoms with E-state index in [0.29, 0.717) is 32.9 Å². The highest BCUT2D eigenvalue weighted by atomic mass is 127. The molecule has 1 rings (SSSR count). The van der Waals surface area contributed by atoms with Crippen LogP contribution in [0.3, 0.4) is 0 Å². The van der Waals surface area contributed by atoms with Gasteiger partial charge in [-0.2, -0.15) is 0 Å². The molecule has 144 valence electrons. The minimum atomic E-state index is 0. The van der Waals surface area contributed by atoms with Crippen molar-refractivity contribution in [2.24, 2.45) is 4.99 Å². The summed E-state index contributed by atoms with van der Waals surface area (Å²) in [5.74, 6) is 1.65. The Kier molecular flexibility index (Phi) is 14.6. The van der Waals surface area contributed by atoms with E-state index in [2.05, 4.69) is 28.6 Å². The molecule has 0 saturated carbocycles. The fraction of sp³-hybridized carbons (Fsp3) is 0.611. The van der Waals surface area contributed by atoms with Crippen LogP contribution in [-0.2, 0) is 9.47 Å². The van der Waals surface area contributed by atoms with E-state index in [-0.39, 0.29) is 30.1 Å². The SMILES string of the molecule is CCNC(=NCC(C)Oc1cccc(C)c1)NCCOCCOC.I. The zero-order chi connectivity index (χ0) is 17.6. The van der Waals surface area contributed by atoms with E-state index in [0.717, 1.165) is 18.3 Å². The van der Waals surface area contributed by atoms with Crippen molar-refractivity contribution in [3.8, 4) is 5.75 Å². The van der Waals surface area contributed by atoms with Crippen LogP contribution < -0.4 is 15.4 Å². The van der Waals surface area contributed by atoms with E-state index in [4.69, 9.17) is 14.2 Å². The van der Waals surface area contributed by atoms with Gasteiger partial charge in [-0.05, 0) is 38.5 Å². The molecule has 0 aliphatic rings. The molecule has 0 saturated heterocycles. The third-order valence-corrected chi connectivity index (χ3v) is 3.15. The number of guanidine groups is 1. The molecule has 25 heavy (non-hydrogen) atoms. The fourth-order valence-corrected chi connectivity index (χ4v) is 2.01. The van der Waals surface area contributed by atoms with E-state index < -0.39 is 0 Å². The van der Waals surface area contributed by atoms with Gasteiger partial charge in [-0.1, -0.05) is 12.1 Å². The summed E-state index contributed by atoms with van der Waals surface area (Å²) in [4.78, 5) is 4.56. The third-order valence-electron chi connectivity index (χ3n) is 3.15. The van der Waals surface area contributed by atoms with Gasteiger partial charge >= 0.3 is 0 Å². The Hall–Kier alpha value is -1.06. The van der Waals surface area contributed by atoms with Crippen molar-refractivity contribution in [1.82, 2.24) is 10.6 Å². The van der Waals surface area contributed by atoms with Crippen LogP contribution in [0.2, 0.25) is 0 Å². The second-order valence-electron chi connectivity index (χ2n) is 5.50. The highest BCUT2D eigenvalue weighted by Crippen LogP contribution is 2.14. The molecular formula is C18H32IN3O3. The van der Waals surface area contributed by atoms with Gasteiger partial charge in [0.25, 0.3) is 0 Å². The molecule has 1 atom stereocenters. The van der Waals surface area contributed by atoms with E-state index in [1.165, 1.54) is 5.56 Å². The standard InChI is InChI=1S/C18H31N3O3.HI/c1-5-19-18(20-9-10-23-12-11-22-4)21-14-16(3)24-17-8-6-7-15(2)13-17;/h6-8,13,16H,5,9-12,14H2,1-4H3,(H2,19,20,21);1H. The zero-order valence-corrected chi connectivity index (χ0v) is 18.0. The summed E-state index contributed by atoms with van der Waals surface area (Å²) in [6, 6.07) is 8.04. The van der Waals surface area contributed by atoms with Crippen LogP contribution in [0.4, 0.5) is 0 Å². The second kappa shape index (κ2) is 15.2. The maximum Gasteiger partial charge on any atom is 0.191 e. The number of aliphatic imine (C=N–C) groups is 1. The van der Waals surface area contributed by atoms with Gasteiger partial charge in [0, 0.05) is 20.2 Å². The average molecular weight is 465 g/mol. The van der Waals surface area contributed by atoms with E-state index in [1.807, 2.05) is 32.0 Å². The molecule has 1 aromatic carbocycles. The van der Waals surface area contributed by atoms with E-state index >= 15 is 0 Å². The number of aryl methyl sites for hydroxylation is 1. The molecule has 7 heteroatoms. The lowest BCUT2D eigenvalue weighted by molar-refractivity contribution is 0.0733. The predicted octanol–water partition coefficient (Wildman–Crippen LogP) is 2.60. The molecular weight excluding hydrogens is 433 g/mol. The molecule has 0 aromatic heterocycles. The normalized spacial score (nSPS) is 12.2. The van der Waals surface area contributed by atoms with Gasteiger partial charge < -0.3 is 24.8 Å². The highest BCUT2D eigenvalue weighted by molar-refractivity contribution is 14.0. The molecule has 0 spiro atoms. The van der Waals surface area contributed by atoms with Crippen LogP contribution >= 0.6 is 24.0 Å². The number of nitrogens with one attached hydrogen (secondary N) is 2. The maximum absolute atomic E-state index is 5.89. The summed E-state index contributed by atoms with van der Waals surface area (Å²) in [6.07, 6.45) is 0.000194. The van der Waals surface area contributed by atoms with Gasteiger partial charge in [-0.3, -0.25) is 0 Å². The number of hydrogen-bond acceptors (Lipinski definition) is 4. The first kappa shape index (κ1) is 23.9. The molecule has 0 amide bonds. The number of rotatable bonds is 11. The molecule has 0 aliphatic carbocycles. The summed E-state index contributed by atoms with van der Waals surface area (Å²) >= 11 is 0. The highest BCUT2D eigenvalue weighted by Gasteiger charge is 2.05. The minimum absolute atomic E-state index is 0. The van der Waals surface area contributed by atoms with Crippen molar-refractivity contribution >= 4 is 29.9 Å². The summed E-state index contributed by atoms with van der Waals surface area (Å²) in [5.41, 5.74) is 1.19. The monoisotopic (exact) mass is 465 g/mol. The third kappa shape index (κ3) is 12.0. The largest absolute Gasteiger partial charge is 0.489 e. The summed E-state index contributed by atoms with van der Waals surface area (Å²) in [5, 5.41) is 6.46. The van der Waals surface area contributed by atoms with Gasteiger partial charge in [-0.15, -0.1) is 24.0 Å². The van der Waals surface area contributed by atoms with Gasteiger partial charge in [0.2, 0.25) is 0 Å². The lowest BCUT2D eigenvalue weighted by Crippen LogP contribution is -2.39. The Balaban J connectivity index is 0.00000576. The zero-order valence-electron chi connectivity index (χ0n) is 15.7. The van der Waals surface area contributed by atoms with Gasteiger partial charge in [-0.25, -0.2) is 4.99 Å². The first-order valence-corrected chi connectivity index (χ1v) is 8.48. The Morgan fingerprint density at radius 2 is 2.00 bits per heavy atom. The summed E-state index contributed by atoms with van der Waals surface area (Å²) in [6.45, 7) is 10.0. The van der Waals surface area contributed by atoms with Crippen LogP contribution in [0.1, 0.15) is 19.4 Å². The number of methoxy groups -OCH3 is 1. The molecule has 1 unspecified atom stereocenters. The first-order chi connectivity index (χ1) is 11.7. The van der Waals surface area contributed by atoms with Gasteiger partial charge in [0.1, 0.15) is 11.9 Å².